The summed E-state index contributed by atoms with van der Waals surface area (Å²) in [6, 6.07) is 0. The molecule has 0 aliphatic carbocycles. The van der Waals surface area contributed by atoms with Crippen LogP contribution in [0.15, 0.2) is 0 Å². The fourth-order valence-electron chi connectivity index (χ4n) is 0.750. The Morgan fingerprint density at radius 1 is 0.647 bits per heavy atom. The molecule has 0 aromatic rings. The zero-order chi connectivity index (χ0) is 14.4. The molecule has 0 aromatic carbocycles. The van der Waals surface area contributed by atoms with Crippen LogP contribution in [-0.4, -0.2) is 0 Å². The Bertz CT molecular complexity index is 47.7. The molecule has 0 bridgehead atoms. The summed E-state index contributed by atoms with van der Waals surface area (Å²) in [5.41, 5.74) is 0. The Morgan fingerprint density at radius 2 is 0.824 bits per heavy atom. The van der Waals surface area contributed by atoms with Crippen LogP contribution in [0.1, 0.15) is 78.6 Å². The van der Waals surface area contributed by atoms with Crippen LogP contribution in [0.4, 0.5) is 0 Å². The van der Waals surface area contributed by atoms with Crippen LogP contribution in [0.5, 0.6) is 0 Å². The molecule has 0 aliphatic heterocycles. The molecule has 0 radical (unpaired) electrons. The first-order valence-corrected chi connectivity index (χ1v) is 11.8. The molecule has 104 valence electrons. The third kappa shape index (κ3) is 75.1. The van der Waals surface area contributed by atoms with Crippen molar-refractivity contribution in [3.63, 3.8) is 0 Å². The van der Waals surface area contributed by atoms with Gasteiger partial charge in [-0.15, -0.1) is 0 Å². The molecule has 0 heterocycles. The van der Waals surface area contributed by atoms with Crippen molar-refractivity contribution in [1.29, 1.82) is 0 Å². The molecule has 0 N–H and O–H groups in total. The SMILES string of the molecule is [CH2-]CCCC.[CH2-]CCCC.[CH2-]CCCC.[Ti+3][I]. The van der Waals surface area contributed by atoms with Crippen LogP contribution in [-0.2, 0) is 16.7 Å². The van der Waals surface area contributed by atoms with Crippen molar-refractivity contribution in [2.45, 2.75) is 78.6 Å². The van der Waals surface area contributed by atoms with E-state index in [0.29, 0.717) is 0 Å². The Labute approximate surface area is 134 Å². The predicted molar refractivity (Wildman–Crippen MR) is 88.7 cm³/mol. The quantitative estimate of drug-likeness (QED) is 0.263. The van der Waals surface area contributed by atoms with Gasteiger partial charge in [0.25, 0.3) is 0 Å². The van der Waals surface area contributed by atoms with E-state index in [2.05, 4.69) is 60.7 Å². The summed E-state index contributed by atoms with van der Waals surface area (Å²) < 4.78 is 0. The third-order valence-electron chi connectivity index (χ3n) is 1.81. The second-order valence-corrected chi connectivity index (χ2v) is 3.62. The molecular weight excluding hydrogens is 355 g/mol. The molecular formula is C15H33ITi. The summed E-state index contributed by atoms with van der Waals surface area (Å²) in [5, 5.41) is 0. The van der Waals surface area contributed by atoms with Crippen LogP contribution in [0.2, 0.25) is 0 Å². The Kier molecular flexibility index (Phi) is 68.4. The monoisotopic (exact) mass is 388 g/mol. The number of unbranched alkanes of at least 4 members (excludes halogenated alkanes) is 6. The van der Waals surface area contributed by atoms with Gasteiger partial charge in [-0.2, -0.15) is 19.3 Å². The fraction of sp³-hybridized carbons (Fsp3) is 0.800. The molecule has 0 amide bonds. The first kappa shape index (κ1) is 26.9. The molecule has 0 aliphatic rings. The number of halogens is 1. The average Bonchev–Trinajstić information content (AvgIpc) is 2.36. The van der Waals surface area contributed by atoms with Crippen LogP contribution in [0.25, 0.3) is 0 Å². The zero-order valence-electron chi connectivity index (χ0n) is 12.4. The molecule has 0 saturated heterocycles. The van der Waals surface area contributed by atoms with Gasteiger partial charge in [0.1, 0.15) is 0 Å². The van der Waals surface area contributed by atoms with Crippen LogP contribution in [0.3, 0.4) is 0 Å². The van der Waals surface area contributed by atoms with Gasteiger partial charge < -0.3 is 20.8 Å². The summed E-state index contributed by atoms with van der Waals surface area (Å²) in [6.45, 7) is 17.5. The van der Waals surface area contributed by atoms with Crippen molar-refractivity contribution in [2.24, 2.45) is 0 Å². The van der Waals surface area contributed by atoms with Gasteiger partial charge in [0.15, 0.2) is 0 Å². The summed E-state index contributed by atoms with van der Waals surface area (Å²) >= 11 is 4.12. The van der Waals surface area contributed by atoms with Crippen LogP contribution >= 0.6 is 19.2 Å². The van der Waals surface area contributed by atoms with Gasteiger partial charge in [-0.3, -0.25) is 0 Å². The molecule has 0 rings (SSSR count). The van der Waals surface area contributed by atoms with Crippen molar-refractivity contribution in [2.75, 3.05) is 0 Å². The van der Waals surface area contributed by atoms with E-state index >= 15 is 0 Å². The molecule has 0 saturated carbocycles. The first-order valence-electron chi connectivity index (χ1n) is 6.81. The topological polar surface area (TPSA) is 0 Å². The van der Waals surface area contributed by atoms with Crippen molar-refractivity contribution in [1.82, 2.24) is 0 Å². The van der Waals surface area contributed by atoms with Crippen molar-refractivity contribution >= 4 is 19.2 Å². The molecule has 0 atom stereocenters. The summed E-state index contributed by atoms with van der Waals surface area (Å²) in [7, 11) is 0. The van der Waals surface area contributed by atoms with Gasteiger partial charge in [-0.1, -0.05) is 59.3 Å². The van der Waals surface area contributed by atoms with Crippen LogP contribution < -0.4 is 0 Å². The second-order valence-electron chi connectivity index (χ2n) is 3.62. The molecule has 0 unspecified atom stereocenters. The standard InChI is InChI=1S/3C5H11.HI.Ti/c3*1-3-5-4-2;;/h3*1,3-5H2,2H3;1H;/q3*-1;;+4/p-1. The maximum absolute atomic E-state index is 3.68. The molecule has 0 fully saturated rings. The second kappa shape index (κ2) is 43.2. The molecule has 0 aromatic heterocycles. The Morgan fingerprint density at radius 3 is 0.824 bits per heavy atom. The summed E-state index contributed by atoms with van der Waals surface area (Å²) in [5.74, 6) is 0. The molecule has 0 nitrogen and oxygen atoms in total. The summed E-state index contributed by atoms with van der Waals surface area (Å²) in [4.78, 5) is 0. The van der Waals surface area contributed by atoms with Gasteiger partial charge in [-0.25, -0.2) is 0 Å². The van der Waals surface area contributed by atoms with Crippen molar-refractivity contribution in [3.05, 3.63) is 20.8 Å². The molecule has 0 spiro atoms. The predicted octanol–water partition coefficient (Wildman–Crippen LogP) is 6.92. The fourth-order valence-corrected chi connectivity index (χ4v) is 0.750. The normalized spacial score (nSPS) is 7.82. The maximum atomic E-state index is 3.68. The zero-order valence-corrected chi connectivity index (χ0v) is 16.1. The van der Waals surface area contributed by atoms with E-state index in [4.69, 9.17) is 0 Å². The minimum absolute atomic E-state index is 1.09. The number of rotatable bonds is 6. The van der Waals surface area contributed by atoms with Crippen molar-refractivity contribution < 1.29 is 16.7 Å². The first-order chi connectivity index (χ1) is 8.24. The average molecular weight is 388 g/mol. The van der Waals surface area contributed by atoms with Gasteiger partial charge in [0.2, 0.25) is 0 Å². The minimum atomic E-state index is 1.09. The third-order valence-corrected chi connectivity index (χ3v) is 1.81. The Hall–Kier alpha value is 1.44. The van der Waals surface area contributed by atoms with Gasteiger partial charge in [0.05, 0.1) is 0 Å². The van der Waals surface area contributed by atoms with Gasteiger partial charge >= 0.3 is 35.9 Å². The number of hydrogen-bond acceptors (Lipinski definition) is 0. The summed E-state index contributed by atoms with van der Waals surface area (Å²) in [6.07, 6.45) is 11.0. The Balaban J connectivity index is -0.0000000693. The van der Waals surface area contributed by atoms with Crippen LogP contribution in [0, 0.1) is 20.8 Å². The van der Waals surface area contributed by atoms with Gasteiger partial charge in [0, 0.05) is 0 Å². The van der Waals surface area contributed by atoms with E-state index in [1.54, 1.807) is 0 Å². The molecule has 2 heteroatoms. The number of hydrogen-bond donors (Lipinski definition) is 0. The van der Waals surface area contributed by atoms with E-state index in [-0.39, 0.29) is 0 Å². The van der Waals surface area contributed by atoms with E-state index < -0.39 is 0 Å². The van der Waals surface area contributed by atoms with E-state index in [0.717, 1.165) is 19.3 Å². The van der Waals surface area contributed by atoms with Gasteiger partial charge in [-0.05, 0) is 0 Å². The van der Waals surface area contributed by atoms with Crippen molar-refractivity contribution in [3.8, 4) is 0 Å². The van der Waals surface area contributed by atoms with E-state index in [1.165, 1.54) is 38.5 Å². The molecule has 17 heavy (non-hydrogen) atoms. The van der Waals surface area contributed by atoms with E-state index in [9.17, 15) is 0 Å². The van der Waals surface area contributed by atoms with E-state index in [1.807, 2.05) is 16.7 Å².